The van der Waals surface area contributed by atoms with Crippen LogP contribution in [-0.2, 0) is 4.74 Å². The fraction of sp³-hybridized carbons (Fsp3) is 0.333. The highest BCUT2D eigenvalue weighted by molar-refractivity contribution is 8.02. The van der Waals surface area contributed by atoms with Crippen molar-refractivity contribution in [1.82, 2.24) is 4.98 Å². The summed E-state index contributed by atoms with van der Waals surface area (Å²) in [6, 6.07) is 7.24. The van der Waals surface area contributed by atoms with Gasteiger partial charge in [-0.2, -0.15) is 0 Å². The largest absolute Gasteiger partial charge is 0.380 e. The van der Waals surface area contributed by atoms with Crippen LogP contribution in [0.3, 0.4) is 0 Å². The highest BCUT2D eigenvalue weighted by Crippen LogP contribution is 2.39. The molecule has 8 heteroatoms. The Balaban J connectivity index is 0.000000948. The van der Waals surface area contributed by atoms with E-state index in [9.17, 15) is 8.78 Å². The average molecular weight is 417 g/mol. The fourth-order valence-corrected chi connectivity index (χ4v) is 4.78. The highest BCUT2D eigenvalue weighted by atomic mass is 35.5. The fourth-order valence-electron chi connectivity index (χ4n) is 2.61. The zero-order valence-electron chi connectivity index (χ0n) is 14.3. The first-order chi connectivity index (χ1) is 12.6. The number of ether oxygens (including phenoxy) is 1. The number of H-pyrrole nitrogens is 1. The first-order valence-electron chi connectivity index (χ1n) is 8.31. The maximum atomic E-state index is 13.1. The summed E-state index contributed by atoms with van der Waals surface area (Å²) in [7, 11) is 0. The summed E-state index contributed by atoms with van der Waals surface area (Å²) in [5.41, 5.74) is 1.26. The first kappa shape index (κ1) is 19.5. The number of fused-ring (bicyclic) bond motifs is 1. The Kier molecular flexibility index (Phi) is 6.45. The summed E-state index contributed by atoms with van der Waals surface area (Å²) in [5, 5.41) is 0.674. The molecular weight excluding hydrogens is 398 g/mol. The Morgan fingerprint density at radius 3 is 2.69 bits per heavy atom. The minimum atomic E-state index is -2.56. The third-order valence-corrected chi connectivity index (χ3v) is 6.46. The maximum absolute atomic E-state index is 13.1. The van der Waals surface area contributed by atoms with Gasteiger partial charge in [0, 0.05) is 27.9 Å². The molecule has 1 aliphatic heterocycles. The van der Waals surface area contributed by atoms with E-state index >= 15 is 0 Å². The summed E-state index contributed by atoms with van der Waals surface area (Å²) in [6.45, 7) is 5.57. The monoisotopic (exact) mass is 416 g/mol. The van der Waals surface area contributed by atoms with Gasteiger partial charge >= 0.3 is 0 Å². The molecule has 140 valence electrons. The predicted octanol–water partition coefficient (Wildman–Crippen LogP) is 7.08. The van der Waals surface area contributed by atoms with Gasteiger partial charge in [-0.05, 0) is 30.1 Å². The molecule has 0 spiro atoms. The van der Waals surface area contributed by atoms with Crippen molar-refractivity contribution < 1.29 is 13.5 Å². The predicted molar refractivity (Wildman–Crippen MR) is 107 cm³/mol. The van der Waals surface area contributed by atoms with Crippen LogP contribution >= 0.6 is 34.9 Å². The van der Waals surface area contributed by atoms with Gasteiger partial charge in [-0.15, -0.1) is 11.3 Å². The molecule has 0 saturated carbocycles. The number of rotatable bonds is 5. The summed E-state index contributed by atoms with van der Waals surface area (Å²) < 4.78 is 35.9. The summed E-state index contributed by atoms with van der Waals surface area (Å²) >= 11 is 9.24. The average Bonchev–Trinajstić information content (AvgIpc) is 3.21. The molecule has 0 atom stereocenters. The van der Waals surface area contributed by atoms with Gasteiger partial charge in [0.1, 0.15) is 0 Å². The molecule has 26 heavy (non-hydrogen) atoms. The molecule has 2 N–H and O–H groups in total. The van der Waals surface area contributed by atoms with Crippen molar-refractivity contribution in [2.45, 2.75) is 30.4 Å². The molecule has 1 aliphatic rings. The van der Waals surface area contributed by atoms with Crippen molar-refractivity contribution in [2.24, 2.45) is 0 Å². The number of hydrogen-bond acceptors (Lipinski definition) is 4. The zero-order valence-corrected chi connectivity index (χ0v) is 16.7. The molecule has 0 aliphatic carbocycles. The molecule has 1 fully saturated rings. The molecular formula is C18H19ClF2N2OS2. The SMILES string of the molecule is CC.FC(F)c1ccc(NSc2ccc(C3COC3)s2)c2[nH]cc(Cl)c12. The van der Waals surface area contributed by atoms with Crippen molar-refractivity contribution in [1.29, 1.82) is 0 Å². The molecule has 4 rings (SSSR count). The smallest absolute Gasteiger partial charge is 0.264 e. The van der Waals surface area contributed by atoms with E-state index < -0.39 is 6.43 Å². The van der Waals surface area contributed by atoms with Crippen LogP contribution in [0.5, 0.6) is 0 Å². The van der Waals surface area contributed by atoms with Gasteiger partial charge in [0.15, 0.2) is 0 Å². The lowest BCUT2D eigenvalue weighted by atomic mass is 10.1. The number of alkyl halides is 2. The minimum absolute atomic E-state index is 0.0600. The number of nitrogens with one attached hydrogen (secondary N) is 2. The number of halogens is 3. The van der Waals surface area contributed by atoms with E-state index in [0.29, 0.717) is 21.8 Å². The molecule has 0 radical (unpaired) electrons. The molecule has 2 aromatic heterocycles. The molecule has 0 bridgehead atoms. The zero-order chi connectivity index (χ0) is 18.7. The quantitative estimate of drug-likeness (QED) is 0.436. The Bertz CT molecular complexity index is 877. The second-order valence-corrected chi connectivity index (χ2v) is 8.11. The van der Waals surface area contributed by atoms with Crippen molar-refractivity contribution >= 4 is 51.5 Å². The van der Waals surface area contributed by atoms with Crippen LogP contribution in [0.15, 0.2) is 34.7 Å². The summed E-state index contributed by atoms with van der Waals surface area (Å²) in [6.07, 6.45) is -1.03. The van der Waals surface area contributed by atoms with Crippen LogP contribution in [0, 0.1) is 0 Å². The van der Waals surface area contributed by atoms with Crippen LogP contribution in [0.25, 0.3) is 10.9 Å². The molecule has 3 aromatic rings. The van der Waals surface area contributed by atoms with Gasteiger partial charge in [0.2, 0.25) is 0 Å². The molecule has 1 aromatic carbocycles. The van der Waals surface area contributed by atoms with Gasteiger partial charge in [-0.3, -0.25) is 0 Å². The van der Waals surface area contributed by atoms with E-state index in [-0.39, 0.29) is 5.56 Å². The Morgan fingerprint density at radius 2 is 2.04 bits per heavy atom. The number of hydrogen-bond donors (Lipinski definition) is 2. The summed E-state index contributed by atoms with van der Waals surface area (Å²) in [5.74, 6) is 0.503. The second-order valence-electron chi connectivity index (χ2n) is 5.48. The number of aromatic amines is 1. The van der Waals surface area contributed by atoms with Crippen molar-refractivity contribution in [3.63, 3.8) is 0 Å². The van der Waals surface area contributed by atoms with E-state index in [0.717, 1.165) is 23.1 Å². The standard InChI is InChI=1S/C16H13ClF2N2OS2.C2H6/c17-10-5-20-15-11(2-1-9(14(10)15)16(18)19)21-24-13-4-3-12(23-13)8-6-22-7-8;1-2/h1-5,8,16,20-21H,6-7H2;1-2H3. The normalized spacial score (nSPS) is 14.2. The Hall–Kier alpha value is -1.28. The lowest BCUT2D eigenvalue weighted by Crippen LogP contribution is -2.23. The van der Waals surface area contributed by atoms with Crippen molar-refractivity contribution in [3.8, 4) is 0 Å². The van der Waals surface area contributed by atoms with E-state index in [1.54, 1.807) is 17.4 Å². The van der Waals surface area contributed by atoms with E-state index in [1.165, 1.54) is 29.1 Å². The third-order valence-electron chi connectivity index (χ3n) is 3.96. The molecule has 3 nitrogen and oxygen atoms in total. The molecule has 0 unspecified atom stereocenters. The van der Waals surface area contributed by atoms with Crippen LogP contribution in [0.4, 0.5) is 14.5 Å². The van der Waals surface area contributed by atoms with Crippen LogP contribution < -0.4 is 4.72 Å². The van der Waals surface area contributed by atoms with Crippen molar-refractivity contribution in [2.75, 3.05) is 17.9 Å². The summed E-state index contributed by atoms with van der Waals surface area (Å²) in [4.78, 5) is 4.29. The Labute approximate surface area is 164 Å². The van der Waals surface area contributed by atoms with Gasteiger partial charge in [-0.1, -0.05) is 31.5 Å². The molecule has 1 saturated heterocycles. The van der Waals surface area contributed by atoms with Gasteiger partial charge < -0.3 is 14.4 Å². The first-order valence-corrected chi connectivity index (χ1v) is 10.3. The topological polar surface area (TPSA) is 37.0 Å². The van der Waals surface area contributed by atoms with Gasteiger partial charge in [-0.25, -0.2) is 8.78 Å². The van der Waals surface area contributed by atoms with Gasteiger partial charge in [0.25, 0.3) is 6.43 Å². The third kappa shape index (κ3) is 3.86. The lowest BCUT2D eigenvalue weighted by molar-refractivity contribution is 0.00987. The Morgan fingerprint density at radius 1 is 1.27 bits per heavy atom. The van der Waals surface area contributed by atoms with E-state index in [1.807, 2.05) is 13.8 Å². The number of thiophene rings is 1. The van der Waals surface area contributed by atoms with E-state index in [2.05, 4.69) is 21.8 Å². The van der Waals surface area contributed by atoms with E-state index in [4.69, 9.17) is 16.3 Å². The second kappa shape index (κ2) is 8.61. The lowest BCUT2D eigenvalue weighted by Gasteiger charge is -2.24. The highest BCUT2D eigenvalue weighted by Gasteiger charge is 2.22. The maximum Gasteiger partial charge on any atom is 0.264 e. The van der Waals surface area contributed by atoms with Crippen molar-refractivity contribution in [3.05, 3.63) is 45.9 Å². The number of anilines is 1. The van der Waals surface area contributed by atoms with Crippen LogP contribution in [0.1, 0.15) is 36.6 Å². The van der Waals surface area contributed by atoms with Gasteiger partial charge in [0.05, 0.1) is 33.6 Å². The van der Waals surface area contributed by atoms with Crippen LogP contribution in [0.2, 0.25) is 5.02 Å². The number of benzene rings is 1. The number of aromatic nitrogens is 1. The molecule has 3 heterocycles. The molecule has 0 amide bonds. The minimum Gasteiger partial charge on any atom is -0.380 e. The van der Waals surface area contributed by atoms with Crippen LogP contribution in [-0.4, -0.2) is 18.2 Å².